The normalized spacial score (nSPS) is 10.7. The van der Waals surface area contributed by atoms with Gasteiger partial charge in [0.2, 0.25) is 0 Å². The van der Waals surface area contributed by atoms with Crippen molar-refractivity contribution < 1.29 is 22.0 Å². The van der Waals surface area contributed by atoms with Crippen LogP contribution in [0.15, 0.2) is 194 Å². The molecular formula is C62H35F5. The van der Waals surface area contributed by atoms with Crippen LogP contribution in [0, 0.1) is 65.9 Å². The fourth-order valence-electron chi connectivity index (χ4n) is 7.78. The summed E-state index contributed by atoms with van der Waals surface area (Å²) in [5.74, 6) is 25.4. The Balaban J connectivity index is 0.000000169. The lowest BCUT2D eigenvalue weighted by Gasteiger charge is -2.10. The van der Waals surface area contributed by atoms with Gasteiger partial charge < -0.3 is 0 Å². The van der Waals surface area contributed by atoms with Gasteiger partial charge in [-0.15, -0.1) is 0 Å². The minimum atomic E-state index is -4.37. The lowest BCUT2D eigenvalue weighted by atomic mass is 9.92. The Hall–Kier alpha value is -8.87. The molecule has 0 aromatic heterocycles. The van der Waals surface area contributed by atoms with E-state index in [1.54, 1.807) is 24.3 Å². The third-order valence-corrected chi connectivity index (χ3v) is 11.1. The largest absolute Gasteiger partial charge is 0.416 e. The smallest absolute Gasteiger partial charge is 0.207 e. The fraction of sp³-hybridized carbons (Fsp3) is 0.0323. The van der Waals surface area contributed by atoms with Gasteiger partial charge in [0.05, 0.1) is 5.56 Å². The molecule has 10 aromatic carbocycles. The van der Waals surface area contributed by atoms with Crippen molar-refractivity contribution in [3.8, 4) is 47.4 Å². The van der Waals surface area contributed by atoms with Crippen LogP contribution in [0.1, 0.15) is 55.6 Å². The Morgan fingerprint density at radius 2 is 0.507 bits per heavy atom. The molecule has 0 unspecified atom stereocenters. The van der Waals surface area contributed by atoms with Gasteiger partial charge in [-0.05, 0) is 135 Å². The molecule has 10 rings (SSSR count). The highest BCUT2D eigenvalue weighted by molar-refractivity contribution is 6.11. The van der Waals surface area contributed by atoms with Crippen molar-refractivity contribution in [1.82, 2.24) is 0 Å². The molecule has 0 nitrogen and oxygen atoms in total. The molecule has 10 aromatic rings. The van der Waals surface area contributed by atoms with E-state index in [4.69, 9.17) is 0 Å². The van der Waals surface area contributed by atoms with Crippen LogP contribution in [-0.2, 0) is 6.18 Å². The molecule has 0 aliphatic carbocycles. The first-order chi connectivity index (χ1) is 32.6. The van der Waals surface area contributed by atoms with E-state index < -0.39 is 11.7 Å². The average molecular weight is 875 g/mol. The predicted molar refractivity (Wildman–Crippen MR) is 262 cm³/mol. The highest BCUT2D eigenvalue weighted by atomic mass is 19.4. The summed E-state index contributed by atoms with van der Waals surface area (Å²) in [7, 11) is 0. The van der Waals surface area contributed by atoms with Crippen LogP contribution in [0.4, 0.5) is 22.0 Å². The van der Waals surface area contributed by atoms with E-state index in [0.717, 1.165) is 94.2 Å². The van der Waals surface area contributed by atoms with E-state index in [-0.39, 0.29) is 11.6 Å². The second-order valence-corrected chi connectivity index (χ2v) is 15.6. The van der Waals surface area contributed by atoms with Gasteiger partial charge in [0.1, 0.15) is 11.6 Å². The Labute approximate surface area is 385 Å². The molecule has 0 N–H and O–H groups in total. The first kappa shape index (κ1) is 43.4. The molecule has 0 spiro atoms. The molecular weight excluding hydrogens is 840 g/mol. The summed E-state index contributed by atoms with van der Waals surface area (Å²) >= 11 is 0. The zero-order valence-electron chi connectivity index (χ0n) is 35.9. The highest BCUT2D eigenvalue weighted by Gasteiger charge is 2.29. The zero-order valence-corrected chi connectivity index (χ0v) is 35.9. The third kappa shape index (κ3) is 9.80. The van der Waals surface area contributed by atoms with Gasteiger partial charge >= 0.3 is 6.18 Å². The summed E-state index contributed by atoms with van der Waals surface area (Å²) in [6.07, 6.45) is -4.37. The number of rotatable bonds is 0. The van der Waals surface area contributed by atoms with Crippen LogP contribution in [0.3, 0.4) is 0 Å². The van der Waals surface area contributed by atoms with Crippen LogP contribution in [0.5, 0.6) is 0 Å². The molecule has 0 aliphatic heterocycles. The number of halogens is 5. The quantitative estimate of drug-likeness (QED) is 0.0809. The van der Waals surface area contributed by atoms with Crippen LogP contribution in [0.25, 0.3) is 43.1 Å². The summed E-state index contributed by atoms with van der Waals surface area (Å²) in [6.45, 7) is 2.04. The van der Waals surface area contributed by atoms with Gasteiger partial charge in [-0.3, -0.25) is 0 Å². The van der Waals surface area contributed by atoms with Gasteiger partial charge in [0.15, 0.2) is 0 Å². The van der Waals surface area contributed by atoms with E-state index in [2.05, 4.69) is 47.4 Å². The molecule has 5 heteroatoms. The number of alkyl halides is 3. The molecule has 0 amide bonds. The Morgan fingerprint density at radius 3 is 0.746 bits per heavy atom. The molecule has 0 saturated heterocycles. The summed E-state index contributed by atoms with van der Waals surface area (Å²) in [5, 5.41) is 7.91. The van der Waals surface area contributed by atoms with Gasteiger partial charge in [-0.25, -0.2) is 8.78 Å². The monoisotopic (exact) mass is 874 g/mol. The van der Waals surface area contributed by atoms with E-state index in [1.165, 1.54) is 42.0 Å². The Morgan fingerprint density at radius 1 is 0.284 bits per heavy atom. The SMILES string of the molecule is Cc1ccc(C#Cc2c3ccccc3c(C#Cc3ccc(C(F)(F)F)cc3)c3ccccc23)cc1.Fc1ccc(C#Cc2c3ccccc3c(C#Cc3ccc(F)cc3)c3ccccc23)cc1. The maximum absolute atomic E-state index is 13.2. The number of hydrogen-bond acceptors (Lipinski definition) is 0. The van der Waals surface area contributed by atoms with Gasteiger partial charge in [-0.2, -0.15) is 13.2 Å². The van der Waals surface area contributed by atoms with E-state index in [0.29, 0.717) is 5.56 Å². The number of benzene rings is 10. The summed E-state index contributed by atoms with van der Waals surface area (Å²) < 4.78 is 65.2. The standard InChI is InChI=1S/C32H19F3.C30H16F2/c1-22-10-12-23(13-11-22)16-20-30-26-6-2-4-8-28(26)31(29-9-5-3-7-27(29)30)21-17-24-14-18-25(19-15-24)32(33,34)35;31-23-15-9-21(10-16-23)13-19-29-25-5-1-2-6-26(25)30(28-8-4-3-7-27(28)29)20-14-22-11-17-24(32)18-12-22/h2-15,18-19H,1H3;1-12,15-18H. The maximum atomic E-state index is 13.2. The number of fused-ring (bicyclic) bond motifs is 4. The van der Waals surface area contributed by atoms with E-state index in [9.17, 15) is 22.0 Å². The lowest BCUT2D eigenvalue weighted by Crippen LogP contribution is -2.04. The topological polar surface area (TPSA) is 0 Å². The Kier molecular flexibility index (Phi) is 12.4. The highest BCUT2D eigenvalue weighted by Crippen LogP contribution is 2.34. The molecule has 0 radical (unpaired) electrons. The second kappa shape index (κ2) is 19.1. The van der Waals surface area contributed by atoms with Crippen LogP contribution in [0.2, 0.25) is 0 Å². The summed E-state index contributed by atoms with van der Waals surface area (Å²) in [6, 6.07) is 57.4. The van der Waals surface area contributed by atoms with Crippen molar-refractivity contribution in [3.63, 3.8) is 0 Å². The van der Waals surface area contributed by atoms with E-state index >= 15 is 0 Å². The van der Waals surface area contributed by atoms with Crippen molar-refractivity contribution in [2.45, 2.75) is 13.1 Å². The van der Waals surface area contributed by atoms with Gasteiger partial charge in [0.25, 0.3) is 0 Å². The van der Waals surface area contributed by atoms with Crippen molar-refractivity contribution in [2.75, 3.05) is 0 Å². The summed E-state index contributed by atoms with van der Waals surface area (Å²) in [5.41, 5.74) is 7.04. The molecule has 0 aliphatic rings. The molecule has 0 saturated carbocycles. The van der Waals surface area contributed by atoms with Crippen molar-refractivity contribution in [3.05, 3.63) is 261 Å². The van der Waals surface area contributed by atoms with Gasteiger partial charge in [0, 0.05) is 44.5 Å². The van der Waals surface area contributed by atoms with Crippen molar-refractivity contribution in [2.24, 2.45) is 0 Å². The number of aryl methyl sites for hydroxylation is 1. The fourth-order valence-corrected chi connectivity index (χ4v) is 7.78. The average Bonchev–Trinajstić information content (AvgIpc) is 3.35. The van der Waals surface area contributed by atoms with Crippen molar-refractivity contribution in [1.29, 1.82) is 0 Å². The molecule has 0 fully saturated rings. The Bertz CT molecular complexity index is 3500. The molecule has 0 heterocycles. The molecule has 0 atom stereocenters. The maximum Gasteiger partial charge on any atom is 0.416 e. The number of hydrogen-bond donors (Lipinski definition) is 0. The molecule has 67 heavy (non-hydrogen) atoms. The second-order valence-electron chi connectivity index (χ2n) is 15.6. The van der Waals surface area contributed by atoms with Crippen LogP contribution in [-0.4, -0.2) is 0 Å². The molecule has 318 valence electrons. The minimum Gasteiger partial charge on any atom is -0.207 e. The first-order valence-electron chi connectivity index (χ1n) is 21.3. The minimum absolute atomic E-state index is 0.282. The van der Waals surface area contributed by atoms with Crippen LogP contribution >= 0.6 is 0 Å². The lowest BCUT2D eigenvalue weighted by molar-refractivity contribution is -0.137. The van der Waals surface area contributed by atoms with E-state index in [1.807, 2.05) is 128 Å². The molecule has 0 bridgehead atoms. The van der Waals surface area contributed by atoms with Crippen molar-refractivity contribution >= 4 is 43.1 Å². The zero-order chi connectivity index (χ0) is 46.3. The third-order valence-electron chi connectivity index (χ3n) is 11.1. The van der Waals surface area contributed by atoms with Gasteiger partial charge in [-0.1, -0.05) is 162 Å². The predicted octanol–water partition coefficient (Wildman–Crippen LogP) is 15.2. The summed E-state index contributed by atoms with van der Waals surface area (Å²) in [4.78, 5) is 0. The van der Waals surface area contributed by atoms with Crippen LogP contribution < -0.4 is 0 Å². The first-order valence-corrected chi connectivity index (χ1v) is 21.3.